The van der Waals surface area contributed by atoms with Gasteiger partial charge in [0.25, 0.3) is 0 Å². The highest BCUT2D eigenvalue weighted by Crippen LogP contribution is 2.17. The Kier molecular flexibility index (Phi) is 2.08. The lowest BCUT2D eigenvalue weighted by atomic mass is 9.95. The quantitative estimate of drug-likeness (QED) is 0.317. The van der Waals surface area contributed by atoms with E-state index in [1.54, 1.807) is 13.0 Å². The molecule has 1 atom stereocenters. The lowest BCUT2D eigenvalue weighted by Crippen LogP contribution is -2.28. The first kappa shape index (κ1) is 7.98. The maximum atomic E-state index is 11.0. The molecule has 1 aliphatic rings. The van der Waals surface area contributed by atoms with Gasteiger partial charge in [0.15, 0.2) is 0 Å². The number of esters is 1. The summed E-state index contributed by atoms with van der Waals surface area (Å²) in [5.41, 5.74) is 0.800. The molecule has 0 aromatic carbocycles. The second-order valence-corrected chi connectivity index (χ2v) is 2.62. The summed E-state index contributed by atoms with van der Waals surface area (Å²) in [7, 11) is 0. The number of ether oxygens (including phenoxy) is 1. The smallest absolute Gasteiger partial charge is 0.320 e. The first-order valence-electron chi connectivity index (χ1n) is 3.46. The molecule has 1 heterocycles. The number of hydrogen-bond donors (Lipinski definition) is 0. The van der Waals surface area contributed by atoms with Gasteiger partial charge in [-0.05, 0) is 19.9 Å². The minimum Gasteiger partial charge on any atom is -0.461 e. The third-order valence-corrected chi connectivity index (χ3v) is 1.73. The fourth-order valence-corrected chi connectivity index (χ4v) is 1.13. The van der Waals surface area contributed by atoms with Gasteiger partial charge in [-0.3, -0.25) is 9.59 Å². The SMILES string of the molecule is CC(=O)C1C(=O)OCC=C1C. The first-order chi connectivity index (χ1) is 5.13. The van der Waals surface area contributed by atoms with Crippen molar-refractivity contribution in [2.45, 2.75) is 13.8 Å². The van der Waals surface area contributed by atoms with Crippen molar-refractivity contribution in [3.8, 4) is 0 Å². The molecule has 60 valence electrons. The lowest BCUT2D eigenvalue weighted by molar-refractivity contribution is -0.149. The third kappa shape index (κ3) is 1.48. The van der Waals surface area contributed by atoms with Crippen molar-refractivity contribution < 1.29 is 14.3 Å². The molecule has 0 amide bonds. The topological polar surface area (TPSA) is 43.4 Å². The van der Waals surface area contributed by atoms with Crippen molar-refractivity contribution >= 4 is 11.8 Å². The Hall–Kier alpha value is -1.12. The number of carbonyl (C=O) groups excluding carboxylic acids is 2. The van der Waals surface area contributed by atoms with Gasteiger partial charge in [0.05, 0.1) is 0 Å². The van der Waals surface area contributed by atoms with Gasteiger partial charge in [-0.15, -0.1) is 0 Å². The molecule has 1 rings (SSSR count). The predicted octanol–water partition coefficient (Wildman–Crippen LogP) is 0.695. The Morgan fingerprint density at radius 3 is 2.73 bits per heavy atom. The second-order valence-electron chi connectivity index (χ2n) is 2.62. The zero-order chi connectivity index (χ0) is 8.43. The van der Waals surface area contributed by atoms with Crippen LogP contribution in [-0.2, 0) is 14.3 Å². The molecule has 0 saturated carbocycles. The molecule has 1 aliphatic heterocycles. The number of hydrogen-bond acceptors (Lipinski definition) is 3. The molecule has 0 bridgehead atoms. The molecular weight excluding hydrogens is 144 g/mol. The number of ketones is 1. The monoisotopic (exact) mass is 154 g/mol. The predicted molar refractivity (Wildman–Crippen MR) is 38.9 cm³/mol. The number of carbonyl (C=O) groups is 2. The standard InChI is InChI=1S/C8H10O3/c1-5-3-4-11-8(10)7(5)6(2)9/h3,7H,4H2,1-2H3. The van der Waals surface area contributed by atoms with Crippen LogP contribution in [-0.4, -0.2) is 18.4 Å². The summed E-state index contributed by atoms with van der Waals surface area (Å²) in [6.07, 6.45) is 1.76. The van der Waals surface area contributed by atoms with Crippen molar-refractivity contribution in [2.24, 2.45) is 5.92 Å². The van der Waals surface area contributed by atoms with Gasteiger partial charge in [-0.1, -0.05) is 5.57 Å². The molecule has 3 nitrogen and oxygen atoms in total. The van der Waals surface area contributed by atoms with Gasteiger partial charge in [0.1, 0.15) is 18.3 Å². The maximum absolute atomic E-state index is 11.0. The van der Waals surface area contributed by atoms with E-state index in [2.05, 4.69) is 4.74 Å². The Bertz CT molecular complexity index is 227. The van der Waals surface area contributed by atoms with Gasteiger partial charge in [0, 0.05) is 0 Å². The van der Waals surface area contributed by atoms with E-state index in [1.165, 1.54) is 6.92 Å². The van der Waals surface area contributed by atoms with Crippen LogP contribution in [0.15, 0.2) is 11.6 Å². The normalized spacial score (nSPS) is 24.0. The van der Waals surface area contributed by atoms with Crippen molar-refractivity contribution in [1.82, 2.24) is 0 Å². The molecule has 0 N–H and O–H groups in total. The molecule has 3 heteroatoms. The van der Waals surface area contributed by atoms with Crippen molar-refractivity contribution in [3.05, 3.63) is 11.6 Å². The molecule has 0 aliphatic carbocycles. The summed E-state index contributed by atoms with van der Waals surface area (Å²) in [6, 6.07) is 0. The van der Waals surface area contributed by atoms with Crippen LogP contribution in [0.3, 0.4) is 0 Å². The van der Waals surface area contributed by atoms with Crippen LogP contribution in [0.5, 0.6) is 0 Å². The van der Waals surface area contributed by atoms with Gasteiger partial charge in [0.2, 0.25) is 0 Å². The van der Waals surface area contributed by atoms with E-state index in [4.69, 9.17) is 0 Å². The number of rotatable bonds is 1. The average molecular weight is 154 g/mol. The van der Waals surface area contributed by atoms with E-state index >= 15 is 0 Å². The Morgan fingerprint density at radius 2 is 2.36 bits per heavy atom. The van der Waals surface area contributed by atoms with Crippen LogP contribution >= 0.6 is 0 Å². The van der Waals surface area contributed by atoms with Gasteiger partial charge in [-0.2, -0.15) is 0 Å². The summed E-state index contributed by atoms with van der Waals surface area (Å²) in [5.74, 6) is -1.22. The van der Waals surface area contributed by atoms with E-state index < -0.39 is 11.9 Å². The van der Waals surface area contributed by atoms with E-state index in [0.717, 1.165) is 5.57 Å². The second kappa shape index (κ2) is 2.86. The molecule has 1 unspecified atom stereocenters. The van der Waals surface area contributed by atoms with Gasteiger partial charge >= 0.3 is 5.97 Å². The molecule has 0 fully saturated rings. The molecule has 0 radical (unpaired) electrons. The largest absolute Gasteiger partial charge is 0.461 e. The summed E-state index contributed by atoms with van der Waals surface area (Å²) in [5, 5.41) is 0. The van der Waals surface area contributed by atoms with Crippen molar-refractivity contribution in [2.75, 3.05) is 6.61 Å². The van der Waals surface area contributed by atoms with E-state index in [-0.39, 0.29) is 5.78 Å². The number of Topliss-reactive ketones (excluding diaryl/α,β-unsaturated/α-hetero) is 1. The number of cyclic esters (lactones) is 1. The highest BCUT2D eigenvalue weighted by atomic mass is 16.5. The van der Waals surface area contributed by atoms with Gasteiger partial charge < -0.3 is 4.74 Å². The van der Waals surface area contributed by atoms with E-state index in [1.807, 2.05) is 0 Å². The molecule has 0 aromatic rings. The summed E-state index contributed by atoms with van der Waals surface area (Å²) in [6.45, 7) is 3.47. The summed E-state index contributed by atoms with van der Waals surface area (Å²) in [4.78, 5) is 21.8. The van der Waals surface area contributed by atoms with Crippen LogP contribution in [0.2, 0.25) is 0 Å². The van der Waals surface area contributed by atoms with Crippen molar-refractivity contribution in [3.63, 3.8) is 0 Å². The van der Waals surface area contributed by atoms with Crippen LogP contribution in [0.4, 0.5) is 0 Å². The first-order valence-corrected chi connectivity index (χ1v) is 3.46. The molecule has 0 aromatic heterocycles. The highest BCUT2D eigenvalue weighted by molar-refractivity contribution is 6.01. The van der Waals surface area contributed by atoms with Crippen LogP contribution in [0, 0.1) is 5.92 Å². The zero-order valence-electron chi connectivity index (χ0n) is 6.59. The lowest BCUT2D eigenvalue weighted by Gasteiger charge is -2.17. The fraction of sp³-hybridized carbons (Fsp3) is 0.500. The van der Waals surface area contributed by atoms with Crippen LogP contribution in [0.1, 0.15) is 13.8 Å². The Balaban J connectivity index is 2.88. The fourth-order valence-electron chi connectivity index (χ4n) is 1.13. The van der Waals surface area contributed by atoms with Crippen LogP contribution in [0.25, 0.3) is 0 Å². The summed E-state index contributed by atoms with van der Waals surface area (Å²) < 4.78 is 4.69. The minimum absolute atomic E-state index is 0.150. The average Bonchev–Trinajstić information content (AvgIpc) is 1.85. The van der Waals surface area contributed by atoms with E-state index in [0.29, 0.717) is 6.61 Å². The van der Waals surface area contributed by atoms with E-state index in [9.17, 15) is 9.59 Å². The van der Waals surface area contributed by atoms with Gasteiger partial charge in [-0.25, -0.2) is 0 Å². The molecule has 0 spiro atoms. The summed E-state index contributed by atoms with van der Waals surface area (Å²) >= 11 is 0. The zero-order valence-corrected chi connectivity index (χ0v) is 6.59. The Labute approximate surface area is 65.0 Å². The molecule has 0 saturated heterocycles. The molecular formula is C8H10O3. The highest BCUT2D eigenvalue weighted by Gasteiger charge is 2.28. The Morgan fingerprint density at radius 1 is 1.73 bits per heavy atom. The minimum atomic E-state index is -0.649. The third-order valence-electron chi connectivity index (χ3n) is 1.73. The molecule has 11 heavy (non-hydrogen) atoms. The maximum Gasteiger partial charge on any atom is 0.320 e. The van der Waals surface area contributed by atoms with Crippen molar-refractivity contribution in [1.29, 1.82) is 0 Å². The van der Waals surface area contributed by atoms with Crippen LogP contribution < -0.4 is 0 Å².